The van der Waals surface area contributed by atoms with Crippen LogP contribution in [-0.2, 0) is 33.3 Å². The van der Waals surface area contributed by atoms with Crippen molar-refractivity contribution in [3.8, 4) is 0 Å². The lowest BCUT2D eigenvalue weighted by atomic mass is 10.0. The predicted molar refractivity (Wildman–Crippen MR) is 125 cm³/mol. The minimum Gasteiger partial charge on any atom is -0.480 e. The van der Waals surface area contributed by atoms with Gasteiger partial charge in [-0.05, 0) is 12.5 Å². The molecule has 0 radical (unpaired) electrons. The Morgan fingerprint density at radius 1 is 1.28 bits per heavy atom. The average molecular weight is 556 g/mol. The van der Waals surface area contributed by atoms with Crippen LogP contribution >= 0.6 is 0 Å². The molecule has 0 saturated carbocycles. The molecule has 1 aromatic heterocycles. The number of hydrogen-bond donors (Lipinski definition) is 7. The van der Waals surface area contributed by atoms with E-state index in [1.165, 1.54) is 6.08 Å². The molecule has 3 rings (SSSR count). The molecule has 39 heavy (non-hydrogen) atoms. The van der Waals surface area contributed by atoms with Crippen molar-refractivity contribution < 1.29 is 53.8 Å². The Balaban J connectivity index is 1.84. The molecule has 0 bridgehead atoms. The van der Waals surface area contributed by atoms with Crippen LogP contribution in [0.2, 0.25) is 0 Å². The van der Waals surface area contributed by atoms with E-state index >= 15 is 0 Å². The molecule has 9 atom stereocenters. The van der Waals surface area contributed by atoms with Crippen LogP contribution in [0.15, 0.2) is 46.3 Å². The van der Waals surface area contributed by atoms with E-state index in [-0.39, 0.29) is 6.42 Å². The Kier molecular flexibility index (Phi) is 9.38. The second kappa shape index (κ2) is 12.3. The first-order chi connectivity index (χ1) is 18.4. The maximum absolute atomic E-state index is 12.6. The number of carbonyl (C=O) groups excluding carboxylic acids is 2. The van der Waals surface area contributed by atoms with E-state index < -0.39 is 90.0 Å². The summed E-state index contributed by atoms with van der Waals surface area (Å²) >= 11 is 0. The molecule has 3 heterocycles. The fourth-order valence-corrected chi connectivity index (χ4v) is 4.01. The van der Waals surface area contributed by atoms with Crippen molar-refractivity contribution in [2.75, 3.05) is 7.11 Å². The van der Waals surface area contributed by atoms with Gasteiger partial charge >= 0.3 is 11.7 Å². The van der Waals surface area contributed by atoms with Gasteiger partial charge in [0.15, 0.2) is 18.1 Å². The van der Waals surface area contributed by atoms with E-state index in [1.54, 1.807) is 0 Å². The van der Waals surface area contributed by atoms with Gasteiger partial charge in [-0.2, -0.15) is 0 Å². The number of aliphatic carboxylic acids is 1. The molecule has 17 nitrogen and oxygen atoms in total. The number of aliphatic hydroxyl groups excluding tert-OH is 3. The van der Waals surface area contributed by atoms with E-state index in [4.69, 9.17) is 24.7 Å². The third-order valence-corrected chi connectivity index (χ3v) is 5.93. The third kappa shape index (κ3) is 6.41. The van der Waals surface area contributed by atoms with Crippen molar-refractivity contribution in [1.29, 1.82) is 0 Å². The smallest absolute Gasteiger partial charge is 0.330 e. The van der Waals surface area contributed by atoms with Crippen molar-refractivity contribution in [1.82, 2.24) is 14.9 Å². The number of methoxy groups -OCH3 is 1. The second-order valence-electron chi connectivity index (χ2n) is 8.55. The Bertz CT molecular complexity index is 1240. The summed E-state index contributed by atoms with van der Waals surface area (Å²) < 4.78 is 22.5. The summed E-state index contributed by atoms with van der Waals surface area (Å²) in [4.78, 5) is 61.9. The van der Waals surface area contributed by atoms with Crippen LogP contribution in [0.4, 0.5) is 0 Å². The van der Waals surface area contributed by atoms with Gasteiger partial charge < -0.3 is 50.4 Å². The molecule has 1 saturated heterocycles. The molecule has 1 fully saturated rings. The van der Waals surface area contributed by atoms with Crippen LogP contribution in [0.1, 0.15) is 12.6 Å². The Morgan fingerprint density at radius 2 is 1.97 bits per heavy atom. The van der Waals surface area contributed by atoms with Gasteiger partial charge in [0.1, 0.15) is 36.6 Å². The lowest BCUT2D eigenvalue weighted by molar-refractivity contribution is -0.241. The molecule has 0 spiro atoms. The van der Waals surface area contributed by atoms with E-state index in [9.17, 15) is 44.4 Å². The number of hydrogen-bond acceptors (Lipinski definition) is 12. The topological polar surface area (TPSA) is 262 Å². The number of carboxylic acid groups (broad SMARTS) is 1. The van der Waals surface area contributed by atoms with Crippen LogP contribution in [0.3, 0.4) is 0 Å². The van der Waals surface area contributed by atoms with Crippen molar-refractivity contribution in [2.24, 2.45) is 5.73 Å². The Morgan fingerprint density at radius 3 is 2.54 bits per heavy atom. The summed E-state index contributed by atoms with van der Waals surface area (Å²) in [6.45, 7) is 3.40. The number of aromatic amines is 1. The molecule has 8 N–H and O–H groups in total. The molecular formula is C22H28N4O13. The maximum atomic E-state index is 12.6. The summed E-state index contributed by atoms with van der Waals surface area (Å²) in [5.74, 6) is -4.30. The summed E-state index contributed by atoms with van der Waals surface area (Å²) in [5.41, 5.74) is 3.82. The van der Waals surface area contributed by atoms with Gasteiger partial charge in [0.2, 0.25) is 12.2 Å². The van der Waals surface area contributed by atoms with Crippen LogP contribution in [0.5, 0.6) is 0 Å². The number of nitrogens with two attached hydrogens (primary N) is 1. The SMILES string of the molecule is C=CCC(NC(=O)C1=C[C@H](O)[C@H](O)[C@@H](O[C@@H](C(N)=O)[C@H]2O[C@@H](n3ccc(=O)[nH]c3=O)[C@H](O)[C@@H]2OC)O1)C(=O)O. The van der Waals surface area contributed by atoms with Crippen LogP contribution < -0.4 is 22.3 Å². The highest BCUT2D eigenvalue weighted by atomic mass is 16.7. The largest absolute Gasteiger partial charge is 0.480 e. The normalized spacial score (nSPS) is 29.9. The summed E-state index contributed by atoms with van der Waals surface area (Å²) in [7, 11) is 1.16. The molecule has 1 aromatic rings. The lowest BCUT2D eigenvalue weighted by Crippen LogP contribution is -2.54. The van der Waals surface area contributed by atoms with Gasteiger partial charge in [-0.3, -0.25) is 23.9 Å². The standard InChI is InChI=1S/C22H28N4O13/c1-3-4-8(20(33)34)24-18(32)10-7-9(27)12(29)21(37-10)39-16(17(23)31)15-14(36-2)13(30)19(38-15)26-6-5-11(28)25-22(26)35/h3,5-9,12-16,19,21,27,29-30H,1,4H2,2H3,(H2,23,31)(H,24,32)(H,33,34)(H,25,28,35)/t8?,9-,12-,13+,14-,15-,16+,19+,21+/m0/s1. The van der Waals surface area contributed by atoms with E-state index in [1.807, 2.05) is 4.98 Å². The summed E-state index contributed by atoms with van der Waals surface area (Å²) in [5, 5.41) is 42.8. The van der Waals surface area contributed by atoms with Gasteiger partial charge in [0, 0.05) is 19.4 Å². The highest BCUT2D eigenvalue weighted by Gasteiger charge is 2.52. The van der Waals surface area contributed by atoms with Crippen LogP contribution in [0.25, 0.3) is 0 Å². The van der Waals surface area contributed by atoms with Crippen LogP contribution in [-0.4, -0.2) is 104 Å². The van der Waals surface area contributed by atoms with Gasteiger partial charge in [-0.1, -0.05) is 6.08 Å². The molecule has 17 heteroatoms. The van der Waals surface area contributed by atoms with E-state index in [0.717, 1.165) is 30.0 Å². The van der Waals surface area contributed by atoms with Crippen molar-refractivity contribution in [3.63, 3.8) is 0 Å². The van der Waals surface area contributed by atoms with E-state index in [0.29, 0.717) is 0 Å². The summed E-state index contributed by atoms with van der Waals surface area (Å²) in [6, 6.07) is -0.393. The molecule has 0 aliphatic carbocycles. The number of aromatic nitrogens is 2. The second-order valence-corrected chi connectivity index (χ2v) is 8.55. The molecule has 2 aliphatic rings. The molecule has 1 unspecified atom stereocenters. The van der Waals surface area contributed by atoms with Crippen molar-refractivity contribution in [3.05, 3.63) is 57.6 Å². The van der Waals surface area contributed by atoms with E-state index in [2.05, 4.69) is 11.9 Å². The molecule has 2 aliphatic heterocycles. The maximum Gasteiger partial charge on any atom is 0.330 e. The fourth-order valence-electron chi connectivity index (χ4n) is 4.01. The zero-order valence-electron chi connectivity index (χ0n) is 20.4. The number of H-pyrrole nitrogens is 1. The third-order valence-electron chi connectivity index (χ3n) is 5.93. The first-order valence-corrected chi connectivity index (χ1v) is 11.4. The minimum atomic E-state index is -1.92. The minimum absolute atomic E-state index is 0.136. The number of nitrogens with one attached hydrogen (secondary N) is 2. The van der Waals surface area contributed by atoms with Gasteiger partial charge in [-0.25, -0.2) is 9.59 Å². The number of amides is 2. The van der Waals surface area contributed by atoms with Crippen molar-refractivity contribution in [2.45, 2.75) is 61.6 Å². The predicted octanol–water partition coefficient (Wildman–Crippen LogP) is -4.21. The quantitative estimate of drug-likeness (QED) is 0.128. The zero-order valence-corrected chi connectivity index (χ0v) is 20.4. The fraction of sp³-hybridized carbons (Fsp3) is 0.500. The Labute approximate surface area is 219 Å². The number of carboxylic acids is 1. The zero-order chi connectivity index (χ0) is 29.0. The van der Waals surface area contributed by atoms with Gasteiger partial charge in [0.25, 0.3) is 11.5 Å². The highest BCUT2D eigenvalue weighted by Crippen LogP contribution is 2.34. The lowest BCUT2D eigenvalue weighted by Gasteiger charge is -2.35. The van der Waals surface area contributed by atoms with Gasteiger partial charge in [-0.15, -0.1) is 6.58 Å². The number of rotatable bonds is 11. The molecule has 2 amide bonds. The number of carbonyl (C=O) groups is 3. The van der Waals surface area contributed by atoms with Crippen LogP contribution in [0, 0.1) is 0 Å². The number of primary amides is 1. The molecule has 214 valence electrons. The average Bonchev–Trinajstić information content (AvgIpc) is 3.19. The Hall–Kier alpha value is -3.87. The monoisotopic (exact) mass is 556 g/mol. The molecule has 0 aromatic carbocycles. The van der Waals surface area contributed by atoms with Gasteiger partial charge in [0.05, 0.1) is 0 Å². The summed E-state index contributed by atoms with van der Waals surface area (Å²) in [6.07, 6.45) is -10.4. The number of aliphatic hydroxyl groups is 3. The number of nitrogens with zero attached hydrogens (tertiary/aromatic N) is 1. The first kappa shape index (κ1) is 29.7. The number of ether oxygens (including phenoxy) is 4. The molecular weight excluding hydrogens is 528 g/mol. The first-order valence-electron chi connectivity index (χ1n) is 11.4. The highest BCUT2D eigenvalue weighted by molar-refractivity contribution is 5.94. The van der Waals surface area contributed by atoms with Crippen molar-refractivity contribution >= 4 is 17.8 Å².